The van der Waals surface area contributed by atoms with Gasteiger partial charge in [-0.05, 0) is 31.0 Å². The maximum absolute atomic E-state index is 12.2. The Bertz CT molecular complexity index is 586. The van der Waals surface area contributed by atoms with Gasteiger partial charge in [-0.1, -0.05) is 30.5 Å². The van der Waals surface area contributed by atoms with Gasteiger partial charge in [0.05, 0.1) is 11.0 Å². The minimum Gasteiger partial charge on any atom is -0.207 e. The van der Waals surface area contributed by atoms with Crippen molar-refractivity contribution in [1.82, 2.24) is 4.72 Å². The molecule has 4 nitrogen and oxygen atoms in total. The normalized spacial score (nSPS) is 18.4. The second kappa shape index (κ2) is 4.88. The lowest BCUT2D eigenvalue weighted by atomic mass is 10.0. The number of hydrogen-bond donors (Lipinski definition) is 1. The van der Waals surface area contributed by atoms with Crippen LogP contribution in [0.2, 0.25) is 5.02 Å². The van der Waals surface area contributed by atoms with Crippen molar-refractivity contribution in [3.63, 3.8) is 0 Å². The molecule has 0 spiro atoms. The fraction of sp³-hybridized carbons (Fsp3) is 0.417. The molecule has 1 aromatic carbocycles. The van der Waals surface area contributed by atoms with Crippen LogP contribution in [0.3, 0.4) is 0 Å². The van der Waals surface area contributed by atoms with E-state index in [0.29, 0.717) is 17.9 Å². The second-order valence-corrected chi connectivity index (χ2v) is 6.58. The Morgan fingerprint density at radius 1 is 1.33 bits per heavy atom. The summed E-state index contributed by atoms with van der Waals surface area (Å²) in [6, 6.07) is 8.12. The first kappa shape index (κ1) is 13.3. The quantitative estimate of drug-likeness (QED) is 0.927. The van der Waals surface area contributed by atoms with Gasteiger partial charge in [0.1, 0.15) is 5.54 Å². The monoisotopic (exact) mass is 284 g/mol. The maximum Gasteiger partial charge on any atom is 0.241 e. The molecular formula is C12H13ClN2O2S. The van der Waals surface area contributed by atoms with E-state index in [2.05, 4.69) is 10.8 Å². The van der Waals surface area contributed by atoms with E-state index in [1.54, 1.807) is 12.1 Å². The van der Waals surface area contributed by atoms with Crippen molar-refractivity contribution >= 4 is 21.6 Å². The van der Waals surface area contributed by atoms with Crippen molar-refractivity contribution < 1.29 is 8.42 Å². The Hall–Kier alpha value is -1.09. The van der Waals surface area contributed by atoms with Gasteiger partial charge in [0.25, 0.3) is 0 Å². The molecule has 0 aromatic heterocycles. The van der Waals surface area contributed by atoms with E-state index in [-0.39, 0.29) is 4.90 Å². The van der Waals surface area contributed by atoms with Crippen molar-refractivity contribution in [2.24, 2.45) is 0 Å². The molecule has 18 heavy (non-hydrogen) atoms. The lowest BCUT2D eigenvalue weighted by Crippen LogP contribution is -2.44. The van der Waals surface area contributed by atoms with Gasteiger partial charge in [-0.2, -0.15) is 9.98 Å². The molecule has 0 heterocycles. The van der Waals surface area contributed by atoms with Crippen LogP contribution in [0.25, 0.3) is 0 Å². The first-order chi connectivity index (χ1) is 8.47. The SMILES string of the molecule is N#CC1(NS(=O)(=O)c2cccc(Cl)c2)CCCC1. The first-order valence-electron chi connectivity index (χ1n) is 5.68. The Morgan fingerprint density at radius 3 is 2.56 bits per heavy atom. The molecule has 1 aromatic rings. The summed E-state index contributed by atoms with van der Waals surface area (Å²) in [4.78, 5) is 0.0940. The third kappa shape index (κ3) is 2.66. The predicted octanol–water partition coefficient (Wildman–Crippen LogP) is 2.45. The third-order valence-electron chi connectivity index (χ3n) is 3.11. The van der Waals surface area contributed by atoms with Gasteiger partial charge in [-0.15, -0.1) is 0 Å². The predicted molar refractivity (Wildman–Crippen MR) is 68.6 cm³/mol. The number of nitrogens with zero attached hydrogens (tertiary/aromatic N) is 1. The zero-order valence-corrected chi connectivity index (χ0v) is 11.3. The van der Waals surface area contributed by atoms with Crippen LogP contribution in [0, 0.1) is 11.3 Å². The Morgan fingerprint density at radius 2 is 2.00 bits per heavy atom. The largest absolute Gasteiger partial charge is 0.241 e. The summed E-state index contributed by atoms with van der Waals surface area (Å²) in [7, 11) is -3.69. The molecule has 1 saturated carbocycles. The number of benzene rings is 1. The molecule has 1 aliphatic carbocycles. The van der Waals surface area contributed by atoms with E-state index in [1.165, 1.54) is 12.1 Å². The van der Waals surface area contributed by atoms with E-state index >= 15 is 0 Å². The van der Waals surface area contributed by atoms with Crippen molar-refractivity contribution in [2.45, 2.75) is 36.1 Å². The summed E-state index contributed by atoms with van der Waals surface area (Å²) in [6.45, 7) is 0. The van der Waals surface area contributed by atoms with Crippen molar-refractivity contribution in [3.8, 4) is 6.07 Å². The fourth-order valence-electron chi connectivity index (χ4n) is 2.17. The maximum atomic E-state index is 12.2. The standard InChI is InChI=1S/C12H13ClN2O2S/c13-10-4-3-5-11(8-10)18(16,17)15-12(9-14)6-1-2-7-12/h3-5,8,15H,1-2,6-7H2. The molecule has 1 N–H and O–H groups in total. The van der Waals surface area contributed by atoms with Gasteiger partial charge in [0.15, 0.2) is 0 Å². The number of nitrogens with one attached hydrogen (secondary N) is 1. The molecule has 0 bridgehead atoms. The molecule has 1 aliphatic rings. The molecular weight excluding hydrogens is 272 g/mol. The summed E-state index contributed by atoms with van der Waals surface area (Å²) in [5.74, 6) is 0. The van der Waals surface area contributed by atoms with Crippen LogP contribution >= 0.6 is 11.6 Å². The summed E-state index contributed by atoms with van der Waals surface area (Å²) in [5, 5.41) is 9.54. The highest BCUT2D eigenvalue weighted by Crippen LogP contribution is 2.30. The molecule has 1 fully saturated rings. The van der Waals surface area contributed by atoms with E-state index in [4.69, 9.17) is 11.6 Å². The van der Waals surface area contributed by atoms with E-state index in [9.17, 15) is 13.7 Å². The third-order valence-corrected chi connectivity index (χ3v) is 4.88. The van der Waals surface area contributed by atoms with Gasteiger partial charge < -0.3 is 0 Å². The highest BCUT2D eigenvalue weighted by Gasteiger charge is 2.38. The van der Waals surface area contributed by atoms with Crippen LogP contribution in [-0.2, 0) is 10.0 Å². The summed E-state index contributed by atoms with van der Waals surface area (Å²) in [5.41, 5.74) is -0.957. The average Bonchev–Trinajstić information content (AvgIpc) is 2.77. The molecule has 0 radical (unpaired) electrons. The van der Waals surface area contributed by atoms with Gasteiger partial charge in [-0.3, -0.25) is 0 Å². The van der Waals surface area contributed by atoms with Crippen molar-refractivity contribution in [3.05, 3.63) is 29.3 Å². The molecule has 0 aliphatic heterocycles. The number of halogens is 1. The topological polar surface area (TPSA) is 70.0 Å². The zero-order chi connectivity index (χ0) is 13.2. The first-order valence-corrected chi connectivity index (χ1v) is 7.54. The van der Waals surface area contributed by atoms with Crippen molar-refractivity contribution in [1.29, 1.82) is 5.26 Å². The molecule has 6 heteroatoms. The van der Waals surface area contributed by atoms with Crippen LogP contribution in [0.1, 0.15) is 25.7 Å². The van der Waals surface area contributed by atoms with Gasteiger partial charge in [0, 0.05) is 5.02 Å². The van der Waals surface area contributed by atoms with Gasteiger partial charge >= 0.3 is 0 Å². The molecule has 96 valence electrons. The fourth-order valence-corrected chi connectivity index (χ4v) is 3.84. The number of sulfonamides is 1. The molecule has 0 amide bonds. The lowest BCUT2D eigenvalue weighted by Gasteiger charge is -2.21. The smallest absolute Gasteiger partial charge is 0.207 e. The van der Waals surface area contributed by atoms with E-state index in [1.807, 2.05) is 0 Å². The van der Waals surface area contributed by atoms with Gasteiger partial charge in [-0.25, -0.2) is 8.42 Å². The van der Waals surface area contributed by atoms with E-state index in [0.717, 1.165) is 12.8 Å². The van der Waals surface area contributed by atoms with Crippen LogP contribution in [0.4, 0.5) is 0 Å². The average molecular weight is 285 g/mol. The second-order valence-electron chi connectivity index (χ2n) is 4.46. The Labute approximate surface area is 112 Å². The van der Waals surface area contributed by atoms with Gasteiger partial charge in [0.2, 0.25) is 10.0 Å². The van der Waals surface area contributed by atoms with Crippen LogP contribution in [0.15, 0.2) is 29.2 Å². The molecule has 0 unspecified atom stereocenters. The van der Waals surface area contributed by atoms with E-state index < -0.39 is 15.6 Å². The summed E-state index contributed by atoms with van der Waals surface area (Å²) < 4.78 is 26.9. The highest BCUT2D eigenvalue weighted by atomic mass is 35.5. The van der Waals surface area contributed by atoms with Crippen molar-refractivity contribution in [2.75, 3.05) is 0 Å². The highest BCUT2D eigenvalue weighted by molar-refractivity contribution is 7.89. The number of hydrogen-bond acceptors (Lipinski definition) is 3. The molecule has 2 rings (SSSR count). The number of nitriles is 1. The summed E-state index contributed by atoms with van der Waals surface area (Å²) >= 11 is 5.78. The minimum atomic E-state index is -3.69. The minimum absolute atomic E-state index is 0.0940. The Kier molecular flexibility index (Phi) is 3.62. The summed E-state index contributed by atoms with van der Waals surface area (Å²) in [6.07, 6.45) is 2.85. The van der Waals surface area contributed by atoms with Crippen LogP contribution < -0.4 is 4.72 Å². The number of rotatable bonds is 3. The van der Waals surface area contributed by atoms with Crippen LogP contribution in [0.5, 0.6) is 0 Å². The molecule has 0 atom stereocenters. The lowest BCUT2D eigenvalue weighted by molar-refractivity contribution is 0.485. The van der Waals surface area contributed by atoms with Crippen LogP contribution in [-0.4, -0.2) is 14.0 Å². The zero-order valence-electron chi connectivity index (χ0n) is 9.69. The molecule has 0 saturated heterocycles. The Balaban J connectivity index is 2.30.